The Morgan fingerprint density at radius 3 is 2.61 bits per heavy atom. The molecular weight excluding hydrogens is 410 g/mol. The van der Waals surface area contributed by atoms with Crippen LogP contribution in [0, 0.1) is 17.6 Å². The van der Waals surface area contributed by atoms with Crippen molar-refractivity contribution in [1.82, 2.24) is 15.5 Å². The first kappa shape index (κ1) is 22.8. The summed E-state index contributed by atoms with van der Waals surface area (Å²) >= 11 is 0. The Labute approximate surface area is 182 Å². The van der Waals surface area contributed by atoms with E-state index >= 15 is 0 Å². The van der Waals surface area contributed by atoms with Crippen molar-refractivity contribution in [1.29, 1.82) is 0 Å². The Kier molecular flexibility index (Phi) is 6.38. The van der Waals surface area contributed by atoms with Gasteiger partial charge >= 0.3 is 6.03 Å². The SMILES string of the molecule is CC[C@]1(C[C@@H](C)C(=O)N2CCN(c3cc(F)c(F)c(OC)c3)[C@@H](C)C2)NC(=O)NC1=O.[HH].[HH]. The molecule has 0 radical (unpaired) electrons. The Balaban J connectivity index is 0.00000272. The van der Waals surface area contributed by atoms with Gasteiger partial charge in [-0.3, -0.25) is 14.9 Å². The smallest absolute Gasteiger partial charge is 0.322 e. The van der Waals surface area contributed by atoms with Gasteiger partial charge in [-0.2, -0.15) is 4.39 Å². The van der Waals surface area contributed by atoms with Crippen molar-refractivity contribution in [3.05, 3.63) is 23.8 Å². The van der Waals surface area contributed by atoms with E-state index in [1.54, 1.807) is 18.7 Å². The standard InChI is InChI=1S/C21H28F2N4O4.2H2/c1-5-21(19(29)24-20(30)25-21)10-12(2)18(28)26-6-7-27(13(3)11-26)14-8-15(22)17(23)16(9-14)31-4;;/h8-9,12-13H,5-7,10-11H2,1-4H3,(H2,24,25,29,30);2*1H/t12-,13+,21-;;/m1../s1. The molecule has 174 valence electrons. The number of nitrogens with one attached hydrogen (secondary N) is 2. The quantitative estimate of drug-likeness (QED) is 0.661. The number of carbonyl (C=O) groups excluding carboxylic acids is 3. The van der Waals surface area contributed by atoms with Gasteiger partial charge in [0.15, 0.2) is 11.6 Å². The molecule has 0 bridgehead atoms. The van der Waals surface area contributed by atoms with Gasteiger partial charge in [-0.05, 0) is 19.8 Å². The summed E-state index contributed by atoms with van der Waals surface area (Å²) in [5.41, 5.74) is -0.597. The molecule has 2 N–H and O–H groups in total. The van der Waals surface area contributed by atoms with Crippen molar-refractivity contribution < 1.29 is 30.8 Å². The molecule has 2 fully saturated rings. The van der Waals surface area contributed by atoms with Gasteiger partial charge in [0.2, 0.25) is 11.7 Å². The molecule has 4 amide bonds. The first-order valence-corrected chi connectivity index (χ1v) is 10.3. The summed E-state index contributed by atoms with van der Waals surface area (Å²) in [5, 5.41) is 4.90. The lowest BCUT2D eigenvalue weighted by Gasteiger charge is -2.42. The molecule has 2 aliphatic heterocycles. The Bertz CT molecular complexity index is 907. The van der Waals surface area contributed by atoms with Crippen LogP contribution in [0.5, 0.6) is 5.75 Å². The second kappa shape index (κ2) is 8.68. The molecule has 0 spiro atoms. The highest BCUT2D eigenvalue weighted by Crippen LogP contribution is 2.31. The average Bonchev–Trinajstić information content (AvgIpc) is 3.02. The first-order valence-electron chi connectivity index (χ1n) is 10.3. The fraction of sp³-hybridized carbons (Fsp3) is 0.571. The minimum Gasteiger partial charge on any atom is -0.493 e. The third-order valence-electron chi connectivity index (χ3n) is 6.16. The highest BCUT2D eigenvalue weighted by Gasteiger charge is 2.46. The van der Waals surface area contributed by atoms with Crippen LogP contribution in [0.4, 0.5) is 19.3 Å². The number of hydrogen-bond donors (Lipinski definition) is 2. The summed E-state index contributed by atoms with van der Waals surface area (Å²) in [7, 11) is 1.28. The topological polar surface area (TPSA) is 91.0 Å². The zero-order valence-electron chi connectivity index (χ0n) is 18.1. The van der Waals surface area contributed by atoms with Crippen molar-refractivity contribution in [2.24, 2.45) is 5.92 Å². The number of rotatable bonds is 6. The van der Waals surface area contributed by atoms with E-state index < -0.39 is 35.0 Å². The number of carbonyl (C=O) groups is 3. The third-order valence-corrected chi connectivity index (χ3v) is 6.16. The number of ether oxygens (including phenoxy) is 1. The first-order chi connectivity index (χ1) is 14.6. The molecule has 2 aliphatic rings. The van der Waals surface area contributed by atoms with Crippen LogP contribution in [0.3, 0.4) is 0 Å². The maximum absolute atomic E-state index is 13.9. The lowest BCUT2D eigenvalue weighted by molar-refractivity contribution is -0.137. The van der Waals surface area contributed by atoms with Crippen LogP contribution >= 0.6 is 0 Å². The number of amides is 4. The van der Waals surface area contributed by atoms with Gasteiger partial charge in [0, 0.05) is 52.3 Å². The molecule has 0 aliphatic carbocycles. The van der Waals surface area contributed by atoms with Crippen LogP contribution < -0.4 is 20.3 Å². The highest BCUT2D eigenvalue weighted by atomic mass is 19.2. The second-order valence-corrected chi connectivity index (χ2v) is 8.22. The summed E-state index contributed by atoms with van der Waals surface area (Å²) in [6, 6.07) is 1.88. The number of piperazine rings is 1. The molecular formula is C21H32F2N4O4. The van der Waals surface area contributed by atoms with Crippen LogP contribution in [0.1, 0.15) is 36.5 Å². The zero-order valence-corrected chi connectivity index (χ0v) is 18.1. The number of hydrogen-bond acceptors (Lipinski definition) is 5. The molecule has 31 heavy (non-hydrogen) atoms. The number of imide groups is 1. The number of methoxy groups -OCH3 is 1. The lowest BCUT2D eigenvalue weighted by Crippen LogP contribution is -2.56. The highest BCUT2D eigenvalue weighted by molar-refractivity contribution is 6.07. The summed E-state index contributed by atoms with van der Waals surface area (Å²) in [4.78, 5) is 40.5. The van der Waals surface area contributed by atoms with Crippen molar-refractivity contribution in [3.63, 3.8) is 0 Å². The fourth-order valence-electron chi connectivity index (χ4n) is 4.39. The minimum atomic E-state index is -1.08. The lowest BCUT2D eigenvalue weighted by atomic mass is 9.85. The maximum Gasteiger partial charge on any atom is 0.322 e. The molecule has 3 atom stereocenters. The second-order valence-electron chi connectivity index (χ2n) is 8.22. The number of nitrogens with zero attached hydrogens (tertiary/aromatic N) is 2. The van der Waals surface area contributed by atoms with Crippen LogP contribution in [-0.2, 0) is 9.59 Å². The van der Waals surface area contributed by atoms with E-state index in [0.717, 1.165) is 6.07 Å². The Morgan fingerprint density at radius 2 is 2.06 bits per heavy atom. The maximum atomic E-state index is 13.9. The van der Waals surface area contributed by atoms with Gasteiger partial charge in [0.25, 0.3) is 5.91 Å². The monoisotopic (exact) mass is 442 g/mol. The van der Waals surface area contributed by atoms with Gasteiger partial charge in [-0.15, -0.1) is 0 Å². The van der Waals surface area contributed by atoms with Crippen molar-refractivity contribution >= 4 is 23.5 Å². The number of benzene rings is 1. The molecule has 8 nitrogen and oxygen atoms in total. The van der Waals surface area contributed by atoms with Crippen molar-refractivity contribution in [2.45, 2.75) is 45.2 Å². The normalized spacial score (nSPS) is 24.6. The van der Waals surface area contributed by atoms with Crippen molar-refractivity contribution in [3.8, 4) is 5.75 Å². The number of halogens is 2. The van der Waals surface area contributed by atoms with Crippen LogP contribution in [-0.4, -0.2) is 61.1 Å². The molecule has 2 heterocycles. The van der Waals surface area contributed by atoms with Crippen LogP contribution in [0.25, 0.3) is 0 Å². The van der Waals surface area contributed by atoms with E-state index in [2.05, 4.69) is 10.6 Å². The van der Waals surface area contributed by atoms with Gasteiger partial charge in [-0.25, -0.2) is 9.18 Å². The predicted octanol–water partition coefficient (Wildman–Crippen LogP) is 2.52. The molecule has 0 aromatic heterocycles. The van der Waals surface area contributed by atoms with E-state index in [4.69, 9.17) is 4.74 Å². The van der Waals surface area contributed by atoms with Gasteiger partial charge in [0.05, 0.1) is 7.11 Å². The Morgan fingerprint density at radius 1 is 1.35 bits per heavy atom. The fourth-order valence-corrected chi connectivity index (χ4v) is 4.39. The largest absolute Gasteiger partial charge is 0.493 e. The molecule has 2 saturated heterocycles. The van der Waals surface area contributed by atoms with E-state index in [0.29, 0.717) is 31.7 Å². The summed E-state index contributed by atoms with van der Waals surface area (Å²) in [5.74, 6) is -3.20. The molecule has 1 aromatic rings. The third kappa shape index (κ3) is 4.28. The predicted molar refractivity (Wildman–Crippen MR) is 114 cm³/mol. The summed E-state index contributed by atoms with van der Waals surface area (Å²) < 4.78 is 32.6. The minimum absolute atomic E-state index is 0. The van der Waals surface area contributed by atoms with Crippen molar-refractivity contribution in [2.75, 3.05) is 31.6 Å². The van der Waals surface area contributed by atoms with E-state index in [-0.39, 0.29) is 27.0 Å². The van der Waals surface area contributed by atoms with Gasteiger partial charge < -0.3 is 19.9 Å². The zero-order chi connectivity index (χ0) is 22.9. The van der Waals surface area contributed by atoms with E-state index in [9.17, 15) is 23.2 Å². The van der Waals surface area contributed by atoms with Gasteiger partial charge in [-0.1, -0.05) is 13.8 Å². The van der Waals surface area contributed by atoms with Gasteiger partial charge in [0.1, 0.15) is 5.54 Å². The van der Waals surface area contributed by atoms with E-state index in [1.807, 2.05) is 11.8 Å². The molecule has 0 unspecified atom stereocenters. The van der Waals surface area contributed by atoms with Crippen LogP contribution in [0.2, 0.25) is 0 Å². The molecule has 10 heteroatoms. The number of urea groups is 1. The molecule has 0 saturated carbocycles. The van der Waals surface area contributed by atoms with E-state index in [1.165, 1.54) is 13.2 Å². The Hall–Kier alpha value is -2.91. The average molecular weight is 443 g/mol. The van der Waals surface area contributed by atoms with Crippen LogP contribution in [0.15, 0.2) is 12.1 Å². The number of anilines is 1. The summed E-state index contributed by atoms with van der Waals surface area (Å²) in [6.45, 7) is 6.66. The summed E-state index contributed by atoms with van der Waals surface area (Å²) in [6.07, 6.45) is 0.583. The molecule has 1 aromatic carbocycles. The molecule has 3 rings (SSSR count).